The van der Waals surface area contributed by atoms with Crippen LogP contribution in [0, 0.1) is 5.92 Å². The van der Waals surface area contributed by atoms with Gasteiger partial charge in [0.1, 0.15) is 4.99 Å². The van der Waals surface area contributed by atoms with Crippen LogP contribution in [0.2, 0.25) is 0 Å². The van der Waals surface area contributed by atoms with Crippen molar-refractivity contribution < 1.29 is 0 Å². The Labute approximate surface area is 125 Å². The van der Waals surface area contributed by atoms with Crippen LogP contribution in [0.5, 0.6) is 0 Å². The van der Waals surface area contributed by atoms with Crippen LogP contribution in [0.25, 0.3) is 10.8 Å². The van der Waals surface area contributed by atoms with Crippen molar-refractivity contribution >= 4 is 33.7 Å². The van der Waals surface area contributed by atoms with Crippen molar-refractivity contribution in [2.24, 2.45) is 11.7 Å². The zero-order valence-corrected chi connectivity index (χ0v) is 12.5. The van der Waals surface area contributed by atoms with Gasteiger partial charge in [-0.25, -0.2) is 0 Å². The molecule has 1 aliphatic rings. The van der Waals surface area contributed by atoms with Crippen molar-refractivity contribution in [3.8, 4) is 0 Å². The highest BCUT2D eigenvalue weighted by Gasteiger charge is 2.24. The summed E-state index contributed by atoms with van der Waals surface area (Å²) in [6.45, 7) is 2.28. The highest BCUT2D eigenvalue weighted by atomic mass is 32.1. The van der Waals surface area contributed by atoms with E-state index in [0.29, 0.717) is 11.0 Å². The maximum atomic E-state index is 5.82. The zero-order valence-electron chi connectivity index (χ0n) is 11.7. The highest BCUT2D eigenvalue weighted by Crippen LogP contribution is 2.33. The number of hydrogen-bond donors (Lipinski definition) is 2. The molecule has 0 amide bonds. The van der Waals surface area contributed by atoms with Crippen molar-refractivity contribution in [2.45, 2.75) is 32.2 Å². The second kappa shape index (κ2) is 5.41. The second-order valence-electron chi connectivity index (χ2n) is 5.69. The van der Waals surface area contributed by atoms with Gasteiger partial charge in [0.25, 0.3) is 0 Å². The van der Waals surface area contributed by atoms with Crippen molar-refractivity contribution in [3.05, 3.63) is 42.0 Å². The fraction of sp³-hybridized carbons (Fsp3) is 0.353. The standard InChI is InChI=1S/C17H20N2S/c1-11(12-5-4-6-12)19-16-10-9-15(17(18)20)13-7-2-3-8-14(13)16/h2-3,7-12,19H,4-6H2,1H3,(H2,18,20). The quantitative estimate of drug-likeness (QED) is 0.831. The molecule has 1 saturated carbocycles. The molecule has 2 nitrogen and oxygen atoms in total. The summed E-state index contributed by atoms with van der Waals surface area (Å²) in [5, 5.41) is 6.00. The van der Waals surface area contributed by atoms with Crippen molar-refractivity contribution in [1.82, 2.24) is 0 Å². The van der Waals surface area contributed by atoms with Crippen LogP contribution in [0.15, 0.2) is 36.4 Å². The lowest BCUT2D eigenvalue weighted by Crippen LogP contribution is -2.30. The van der Waals surface area contributed by atoms with Crippen LogP contribution in [0.1, 0.15) is 31.7 Å². The molecular weight excluding hydrogens is 264 g/mol. The molecule has 0 heterocycles. The highest BCUT2D eigenvalue weighted by molar-refractivity contribution is 7.80. The van der Waals surface area contributed by atoms with Crippen LogP contribution in [0.3, 0.4) is 0 Å². The van der Waals surface area contributed by atoms with E-state index in [1.807, 2.05) is 12.1 Å². The Bertz CT molecular complexity index is 646. The van der Waals surface area contributed by atoms with E-state index in [1.165, 1.54) is 30.3 Å². The third kappa shape index (κ3) is 2.38. The van der Waals surface area contributed by atoms with E-state index < -0.39 is 0 Å². The van der Waals surface area contributed by atoms with E-state index >= 15 is 0 Å². The Kier molecular flexibility index (Phi) is 3.62. The molecule has 0 bridgehead atoms. The summed E-state index contributed by atoms with van der Waals surface area (Å²) in [5.41, 5.74) is 7.96. The molecule has 0 radical (unpaired) electrons. The lowest BCUT2D eigenvalue weighted by molar-refractivity contribution is 0.285. The molecule has 3 rings (SSSR count). The van der Waals surface area contributed by atoms with E-state index in [0.717, 1.165) is 16.9 Å². The first-order chi connectivity index (χ1) is 9.66. The first-order valence-corrected chi connectivity index (χ1v) is 7.65. The van der Waals surface area contributed by atoms with E-state index in [-0.39, 0.29) is 0 Å². The minimum atomic E-state index is 0.458. The Morgan fingerprint density at radius 3 is 2.50 bits per heavy atom. The van der Waals surface area contributed by atoms with Gasteiger partial charge in [-0.1, -0.05) is 42.9 Å². The van der Waals surface area contributed by atoms with Gasteiger partial charge in [-0.15, -0.1) is 0 Å². The summed E-state index contributed by atoms with van der Waals surface area (Å²) in [7, 11) is 0. The minimum Gasteiger partial charge on any atom is -0.389 e. The Balaban J connectivity index is 1.99. The summed E-state index contributed by atoms with van der Waals surface area (Å²) in [4.78, 5) is 0.458. The number of nitrogens with two attached hydrogens (primary N) is 1. The number of rotatable bonds is 4. The van der Waals surface area contributed by atoms with E-state index in [2.05, 4.69) is 36.5 Å². The predicted octanol–water partition coefficient (Wildman–Crippen LogP) is 4.07. The number of hydrogen-bond acceptors (Lipinski definition) is 2. The molecule has 1 aliphatic carbocycles. The lowest BCUT2D eigenvalue weighted by Gasteiger charge is -2.33. The second-order valence-corrected chi connectivity index (χ2v) is 6.13. The number of benzene rings is 2. The largest absolute Gasteiger partial charge is 0.389 e. The van der Waals surface area contributed by atoms with Gasteiger partial charge >= 0.3 is 0 Å². The Morgan fingerprint density at radius 2 is 1.90 bits per heavy atom. The number of anilines is 1. The van der Waals surface area contributed by atoms with Gasteiger partial charge in [-0.2, -0.15) is 0 Å². The topological polar surface area (TPSA) is 38.0 Å². The summed E-state index contributed by atoms with van der Waals surface area (Å²) in [6.07, 6.45) is 4.06. The van der Waals surface area contributed by atoms with Crippen LogP contribution in [0.4, 0.5) is 5.69 Å². The molecule has 2 aromatic carbocycles. The molecule has 1 fully saturated rings. The maximum Gasteiger partial charge on any atom is 0.104 e. The lowest BCUT2D eigenvalue weighted by atomic mass is 9.80. The predicted molar refractivity (Wildman–Crippen MR) is 90.3 cm³/mol. The van der Waals surface area contributed by atoms with Gasteiger partial charge in [0.2, 0.25) is 0 Å². The van der Waals surface area contributed by atoms with Gasteiger partial charge in [-0.3, -0.25) is 0 Å². The maximum absolute atomic E-state index is 5.82. The van der Waals surface area contributed by atoms with Crippen molar-refractivity contribution in [3.63, 3.8) is 0 Å². The van der Waals surface area contributed by atoms with Gasteiger partial charge in [0, 0.05) is 22.7 Å². The fourth-order valence-electron chi connectivity index (χ4n) is 2.94. The van der Waals surface area contributed by atoms with Gasteiger partial charge in [0.15, 0.2) is 0 Å². The first-order valence-electron chi connectivity index (χ1n) is 7.25. The molecule has 104 valence electrons. The number of thiocarbonyl (C=S) groups is 1. The smallest absolute Gasteiger partial charge is 0.104 e. The SMILES string of the molecule is CC(Nc1ccc(C(N)=S)c2ccccc12)C1CCC1. The van der Waals surface area contributed by atoms with Crippen LogP contribution < -0.4 is 11.1 Å². The summed E-state index contributed by atoms with van der Waals surface area (Å²) in [5.74, 6) is 0.809. The van der Waals surface area contributed by atoms with E-state index in [4.69, 9.17) is 18.0 Å². The van der Waals surface area contributed by atoms with E-state index in [1.54, 1.807) is 0 Å². The molecule has 0 saturated heterocycles. The number of fused-ring (bicyclic) bond motifs is 1. The molecule has 20 heavy (non-hydrogen) atoms. The molecule has 1 unspecified atom stereocenters. The van der Waals surface area contributed by atoms with Crippen molar-refractivity contribution in [1.29, 1.82) is 0 Å². The third-order valence-electron chi connectivity index (χ3n) is 4.43. The molecular formula is C17H20N2S. The van der Waals surface area contributed by atoms with Gasteiger partial charge in [-0.05, 0) is 43.2 Å². The first kappa shape index (κ1) is 13.4. The molecule has 3 N–H and O–H groups in total. The molecule has 1 atom stereocenters. The minimum absolute atomic E-state index is 0.458. The average molecular weight is 284 g/mol. The zero-order chi connectivity index (χ0) is 14.1. The monoisotopic (exact) mass is 284 g/mol. The summed E-state index contributed by atoms with van der Waals surface area (Å²) in [6, 6.07) is 13.0. The third-order valence-corrected chi connectivity index (χ3v) is 4.65. The van der Waals surface area contributed by atoms with Gasteiger partial charge in [0.05, 0.1) is 0 Å². The normalized spacial score (nSPS) is 16.6. The molecule has 3 heteroatoms. The molecule has 0 aromatic heterocycles. The van der Waals surface area contributed by atoms with Gasteiger partial charge < -0.3 is 11.1 Å². The average Bonchev–Trinajstić information content (AvgIpc) is 2.36. The summed E-state index contributed by atoms with van der Waals surface area (Å²) >= 11 is 5.15. The van der Waals surface area contributed by atoms with Crippen LogP contribution in [-0.2, 0) is 0 Å². The van der Waals surface area contributed by atoms with E-state index in [9.17, 15) is 0 Å². The number of nitrogens with one attached hydrogen (secondary N) is 1. The van der Waals surface area contributed by atoms with Crippen LogP contribution >= 0.6 is 12.2 Å². The van der Waals surface area contributed by atoms with Crippen LogP contribution in [-0.4, -0.2) is 11.0 Å². The molecule has 2 aromatic rings. The molecule has 0 aliphatic heterocycles. The Hall–Kier alpha value is -1.61. The molecule has 0 spiro atoms. The summed E-state index contributed by atoms with van der Waals surface area (Å²) < 4.78 is 0. The van der Waals surface area contributed by atoms with Crippen molar-refractivity contribution in [2.75, 3.05) is 5.32 Å². The fourth-order valence-corrected chi connectivity index (χ4v) is 3.12. The Morgan fingerprint density at radius 1 is 1.20 bits per heavy atom.